The number of hydrogen-bond donors (Lipinski definition) is 0. The van der Waals surface area contributed by atoms with Crippen LogP contribution in [-0.4, -0.2) is 19.9 Å². The van der Waals surface area contributed by atoms with Crippen molar-refractivity contribution in [3.8, 4) is 0 Å². The molecule has 0 radical (unpaired) electrons. The van der Waals surface area contributed by atoms with Gasteiger partial charge in [0.25, 0.3) is 0 Å². The molecule has 4 heteroatoms. The minimum atomic E-state index is -0.648. The highest BCUT2D eigenvalue weighted by Gasteiger charge is 2.22. The second kappa shape index (κ2) is 2.41. The maximum Gasteiger partial charge on any atom is 0.303 e. The molecule has 48 valence electrons. The molecule has 0 amide bonds. The van der Waals surface area contributed by atoms with Crippen LogP contribution in [0.2, 0.25) is 0 Å². The van der Waals surface area contributed by atoms with Gasteiger partial charge in [0.2, 0.25) is 0 Å². The Balaban J connectivity index is 2.22. The van der Waals surface area contributed by atoms with Crippen LogP contribution in [0.3, 0.4) is 0 Å². The molecule has 0 aromatic rings. The Morgan fingerprint density at radius 2 is 2.12 bits per heavy atom. The molecular weight excluding hydrogens is 112 g/mol. The molecule has 0 aliphatic carbocycles. The summed E-state index contributed by atoms with van der Waals surface area (Å²) in [5.41, 5.74) is 0. The molecule has 0 N–H and O–H groups in total. The van der Waals surface area contributed by atoms with Gasteiger partial charge in [-0.25, -0.2) is 0 Å². The minimum absolute atomic E-state index is 0.319. The molecule has 0 bridgehead atoms. The summed E-state index contributed by atoms with van der Waals surface area (Å²) < 4.78 is 9.46. The van der Waals surface area contributed by atoms with E-state index in [1.165, 1.54) is 7.11 Å². The van der Waals surface area contributed by atoms with Crippen LogP contribution >= 0.6 is 0 Å². The summed E-state index contributed by atoms with van der Waals surface area (Å²) in [7, 11) is 1.48. The van der Waals surface area contributed by atoms with Crippen LogP contribution in [0.25, 0.3) is 0 Å². The molecule has 1 fully saturated rings. The zero-order chi connectivity index (χ0) is 5.98. The van der Waals surface area contributed by atoms with E-state index in [0.717, 1.165) is 0 Å². The van der Waals surface area contributed by atoms with E-state index in [1.54, 1.807) is 6.92 Å². The van der Waals surface area contributed by atoms with Gasteiger partial charge in [0.15, 0.2) is 6.29 Å². The van der Waals surface area contributed by atoms with Crippen LogP contribution in [0.15, 0.2) is 0 Å². The Hall–Kier alpha value is -0.160. The molecule has 0 spiro atoms. The van der Waals surface area contributed by atoms with Gasteiger partial charge in [0.05, 0.1) is 0 Å². The zero-order valence-electron chi connectivity index (χ0n) is 4.79. The molecule has 0 aromatic heterocycles. The van der Waals surface area contributed by atoms with Crippen molar-refractivity contribution in [1.82, 2.24) is 0 Å². The van der Waals surface area contributed by atoms with Crippen LogP contribution in [-0.2, 0) is 19.2 Å². The topological polar surface area (TPSA) is 36.9 Å². The Kier molecular flexibility index (Phi) is 1.80. The van der Waals surface area contributed by atoms with Crippen molar-refractivity contribution in [2.45, 2.75) is 19.7 Å². The third kappa shape index (κ3) is 1.16. The third-order valence-electron chi connectivity index (χ3n) is 0.765. The van der Waals surface area contributed by atoms with Gasteiger partial charge in [-0.2, -0.15) is 9.78 Å². The second-order valence-electron chi connectivity index (χ2n) is 1.42. The average molecular weight is 120 g/mol. The highest BCUT2D eigenvalue weighted by Crippen LogP contribution is 2.11. The maximum absolute atomic E-state index is 4.84. The van der Waals surface area contributed by atoms with Crippen molar-refractivity contribution in [1.29, 1.82) is 0 Å². The quantitative estimate of drug-likeness (QED) is 0.464. The monoisotopic (exact) mass is 120 g/mol. The van der Waals surface area contributed by atoms with Crippen LogP contribution in [0.4, 0.5) is 0 Å². The number of hydrogen-bond acceptors (Lipinski definition) is 4. The summed E-state index contributed by atoms with van der Waals surface area (Å²) in [4.78, 5) is 8.98. The first-order valence-electron chi connectivity index (χ1n) is 2.33. The zero-order valence-corrected chi connectivity index (χ0v) is 4.79. The van der Waals surface area contributed by atoms with Gasteiger partial charge in [-0.15, -0.1) is 0 Å². The summed E-state index contributed by atoms with van der Waals surface area (Å²) in [5, 5.41) is 0. The summed E-state index contributed by atoms with van der Waals surface area (Å²) in [5.74, 6) is 0. The Bertz CT molecular complexity index is 74.4. The lowest BCUT2D eigenvalue weighted by molar-refractivity contribution is -0.344. The largest absolute Gasteiger partial charge is 0.331 e. The number of ether oxygens (including phenoxy) is 2. The fraction of sp³-hybridized carbons (Fsp3) is 1.00. The first-order chi connectivity index (χ1) is 3.83. The third-order valence-corrected chi connectivity index (χ3v) is 0.765. The molecule has 1 heterocycles. The highest BCUT2D eigenvalue weighted by molar-refractivity contribution is 4.30. The number of rotatable bonds is 1. The molecule has 0 saturated carbocycles. The van der Waals surface area contributed by atoms with E-state index in [4.69, 9.17) is 4.74 Å². The summed E-state index contributed by atoms with van der Waals surface area (Å²) in [6.07, 6.45) is -0.319. The minimum Gasteiger partial charge on any atom is -0.331 e. The lowest BCUT2D eigenvalue weighted by atomic mass is 10.8. The predicted octanol–water partition coefficient (Wildman–Crippen LogP) is 0.241. The van der Waals surface area contributed by atoms with Crippen LogP contribution in [0.5, 0.6) is 0 Å². The van der Waals surface area contributed by atoms with Gasteiger partial charge >= 0.3 is 6.48 Å². The normalized spacial score (nSPS) is 38.2. The van der Waals surface area contributed by atoms with Crippen molar-refractivity contribution in [2.75, 3.05) is 7.11 Å². The van der Waals surface area contributed by atoms with E-state index in [9.17, 15) is 0 Å². The van der Waals surface area contributed by atoms with Gasteiger partial charge in [-0.3, -0.25) is 4.74 Å². The lowest BCUT2D eigenvalue weighted by Gasteiger charge is -2.00. The van der Waals surface area contributed by atoms with Gasteiger partial charge < -0.3 is 4.74 Å². The molecule has 4 nitrogen and oxygen atoms in total. The predicted molar refractivity (Wildman–Crippen MR) is 23.5 cm³/mol. The average Bonchev–Trinajstić information content (AvgIpc) is 2.14. The molecule has 1 aliphatic heterocycles. The van der Waals surface area contributed by atoms with Crippen LogP contribution in [0.1, 0.15) is 6.92 Å². The van der Waals surface area contributed by atoms with E-state index in [1.807, 2.05) is 0 Å². The summed E-state index contributed by atoms with van der Waals surface area (Å²) in [6, 6.07) is 0. The van der Waals surface area contributed by atoms with Crippen LogP contribution < -0.4 is 0 Å². The van der Waals surface area contributed by atoms with E-state index >= 15 is 0 Å². The Labute approximate surface area is 47.2 Å². The van der Waals surface area contributed by atoms with E-state index in [2.05, 4.69) is 14.5 Å². The van der Waals surface area contributed by atoms with Gasteiger partial charge in [0.1, 0.15) is 0 Å². The summed E-state index contributed by atoms with van der Waals surface area (Å²) >= 11 is 0. The number of methoxy groups -OCH3 is 1. The maximum atomic E-state index is 4.84. The molecule has 2 atom stereocenters. The Morgan fingerprint density at radius 1 is 1.38 bits per heavy atom. The van der Waals surface area contributed by atoms with E-state index in [-0.39, 0.29) is 6.29 Å². The van der Waals surface area contributed by atoms with Gasteiger partial charge in [-0.1, -0.05) is 0 Å². The Morgan fingerprint density at radius 3 is 2.38 bits per heavy atom. The first-order valence-corrected chi connectivity index (χ1v) is 2.33. The van der Waals surface area contributed by atoms with Crippen molar-refractivity contribution in [2.24, 2.45) is 0 Å². The molecular formula is C4H8O4. The van der Waals surface area contributed by atoms with Crippen molar-refractivity contribution in [3.63, 3.8) is 0 Å². The lowest BCUT2D eigenvalue weighted by Crippen LogP contribution is -2.10. The highest BCUT2D eigenvalue weighted by atomic mass is 17.3. The molecule has 0 unspecified atom stereocenters. The molecule has 1 rings (SSSR count). The molecule has 0 aromatic carbocycles. The molecule has 1 aliphatic rings. The first kappa shape index (κ1) is 5.97. The van der Waals surface area contributed by atoms with Crippen LogP contribution in [0, 0.1) is 0 Å². The van der Waals surface area contributed by atoms with Gasteiger partial charge in [-0.05, 0) is 6.92 Å². The smallest absolute Gasteiger partial charge is 0.303 e. The van der Waals surface area contributed by atoms with Crippen molar-refractivity contribution in [3.05, 3.63) is 0 Å². The molecule has 1 saturated heterocycles. The van der Waals surface area contributed by atoms with Gasteiger partial charge in [0, 0.05) is 7.11 Å². The fourth-order valence-corrected chi connectivity index (χ4v) is 0.420. The standard InChI is InChI=1S/C4H8O4/c1-3-6-4(5-2)8-7-3/h3-4H,1-2H3/t3-,4-/m0/s1. The van der Waals surface area contributed by atoms with Crippen molar-refractivity contribution >= 4 is 0 Å². The van der Waals surface area contributed by atoms with E-state index in [0.29, 0.717) is 0 Å². The fourth-order valence-electron chi connectivity index (χ4n) is 0.420. The summed E-state index contributed by atoms with van der Waals surface area (Å²) in [6.45, 7) is 1.07. The SMILES string of the molecule is CO[C@@H]1OO[C@@H](C)O1. The second-order valence-corrected chi connectivity index (χ2v) is 1.42. The molecule has 8 heavy (non-hydrogen) atoms. The van der Waals surface area contributed by atoms with Crippen molar-refractivity contribution < 1.29 is 19.2 Å². The van der Waals surface area contributed by atoms with E-state index < -0.39 is 6.48 Å².